The lowest BCUT2D eigenvalue weighted by molar-refractivity contribution is 0.0722. The predicted molar refractivity (Wildman–Crippen MR) is 68.9 cm³/mol. The molecule has 5 heteroatoms. The fourth-order valence-electron chi connectivity index (χ4n) is 1.94. The van der Waals surface area contributed by atoms with Crippen LogP contribution in [0.2, 0.25) is 0 Å². The van der Waals surface area contributed by atoms with Crippen LogP contribution in [-0.4, -0.2) is 29.3 Å². The normalized spacial score (nSPS) is 20.4. The van der Waals surface area contributed by atoms with Crippen LogP contribution < -0.4 is 0 Å². The first-order valence-electron chi connectivity index (χ1n) is 5.46. The van der Waals surface area contributed by atoms with Crippen molar-refractivity contribution in [2.24, 2.45) is 0 Å². The molecule has 1 atom stereocenters. The molecule has 1 heterocycles. The lowest BCUT2D eigenvalue weighted by Crippen LogP contribution is -2.40. The molecule has 0 saturated carbocycles. The van der Waals surface area contributed by atoms with Gasteiger partial charge in [-0.05, 0) is 31.0 Å². The Morgan fingerprint density at radius 1 is 1.53 bits per heavy atom. The van der Waals surface area contributed by atoms with Crippen molar-refractivity contribution in [2.75, 3.05) is 13.1 Å². The summed E-state index contributed by atoms with van der Waals surface area (Å²) in [7, 11) is 0. The number of nitrogens with zero attached hydrogens (tertiary/aromatic N) is 1. The van der Waals surface area contributed by atoms with E-state index in [1.165, 1.54) is 12.1 Å². The number of carbonyl (C=O) groups excluding carboxylic acids is 1. The van der Waals surface area contributed by atoms with E-state index in [4.69, 9.17) is 11.6 Å². The van der Waals surface area contributed by atoms with Crippen LogP contribution in [-0.2, 0) is 0 Å². The average molecular weight is 321 g/mol. The van der Waals surface area contributed by atoms with E-state index in [-0.39, 0.29) is 16.8 Å². The SMILES string of the molecule is O=C(c1ccc(Br)cc1F)N1CCCC(Cl)C1. The Morgan fingerprint density at radius 2 is 2.29 bits per heavy atom. The van der Waals surface area contributed by atoms with Gasteiger partial charge < -0.3 is 4.90 Å². The predicted octanol–water partition coefficient (Wildman–Crippen LogP) is 3.43. The minimum absolute atomic E-state index is 0.0220. The third kappa shape index (κ3) is 2.99. The first-order chi connectivity index (χ1) is 8.08. The number of amides is 1. The van der Waals surface area contributed by atoms with Crippen LogP contribution in [0.15, 0.2) is 22.7 Å². The number of halogens is 3. The molecule has 1 saturated heterocycles. The summed E-state index contributed by atoms with van der Waals surface area (Å²) in [5, 5.41) is -0.0220. The molecule has 2 rings (SSSR count). The van der Waals surface area contributed by atoms with Crippen LogP contribution in [0.25, 0.3) is 0 Å². The van der Waals surface area contributed by atoms with E-state index >= 15 is 0 Å². The summed E-state index contributed by atoms with van der Waals surface area (Å²) in [5.41, 5.74) is 0.110. The van der Waals surface area contributed by atoms with Crippen molar-refractivity contribution in [3.63, 3.8) is 0 Å². The van der Waals surface area contributed by atoms with Gasteiger partial charge in [0, 0.05) is 17.6 Å². The van der Waals surface area contributed by atoms with Crippen LogP contribution in [0.1, 0.15) is 23.2 Å². The number of rotatable bonds is 1. The lowest BCUT2D eigenvalue weighted by Gasteiger charge is -2.29. The second-order valence-electron chi connectivity index (χ2n) is 4.11. The number of carbonyl (C=O) groups is 1. The molecule has 1 aromatic carbocycles. The summed E-state index contributed by atoms with van der Waals surface area (Å²) in [6.07, 6.45) is 1.78. The second kappa shape index (κ2) is 5.36. The van der Waals surface area contributed by atoms with Crippen molar-refractivity contribution in [1.29, 1.82) is 0 Å². The smallest absolute Gasteiger partial charge is 0.256 e. The van der Waals surface area contributed by atoms with Gasteiger partial charge in [-0.1, -0.05) is 15.9 Å². The summed E-state index contributed by atoms with van der Waals surface area (Å²) in [4.78, 5) is 13.7. The third-order valence-corrected chi connectivity index (χ3v) is 3.66. The van der Waals surface area contributed by atoms with Gasteiger partial charge >= 0.3 is 0 Å². The first-order valence-corrected chi connectivity index (χ1v) is 6.69. The standard InChI is InChI=1S/C12H12BrClFNO/c13-8-3-4-10(11(15)6-8)12(17)16-5-1-2-9(14)7-16/h3-4,6,9H,1-2,5,7H2. The molecule has 0 bridgehead atoms. The van der Waals surface area contributed by atoms with Gasteiger partial charge in [0.25, 0.3) is 5.91 Å². The molecule has 1 amide bonds. The van der Waals surface area contributed by atoms with Gasteiger partial charge in [-0.2, -0.15) is 0 Å². The number of likely N-dealkylation sites (tertiary alicyclic amines) is 1. The first kappa shape index (κ1) is 12.8. The Kier molecular flexibility index (Phi) is 4.05. The highest BCUT2D eigenvalue weighted by molar-refractivity contribution is 9.10. The van der Waals surface area contributed by atoms with E-state index in [1.807, 2.05) is 0 Å². The van der Waals surface area contributed by atoms with Crippen molar-refractivity contribution in [3.8, 4) is 0 Å². The molecule has 1 aromatic rings. The maximum Gasteiger partial charge on any atom is 0.256 e. The van der Waals surface area contributed by atoms with E-state index in [9.17, 15) is 9.18 Å². The molecule has 0 aromatic heterocycles. The van der Waals surface area contributed by atoms with Crippen molar-refractivity contribution >= 4 is 33.4 Å². The zero-order valence-electron chi connectivity index (χ0n) is 9.13. The van der Waals surface area contributed by atoms with Crippen molar-refractivity contribution < 1.29 is 9.18 Å². The molecule has 0 radical (unpaired) electrons. The molecule has 0 N–H and O–H groups in total. The van der Waals surface area contributed by atoms with Crippen LogP contribution in [0.4, 0.5) is 4.39 Å². The van der Waals surface area contributed by atoms with E-state index < -0.39 is 5.82 Å². The third-order valence-electron chi connectivity index (χ3n) is 2.81. The van der Waals surface area contributed by atoms with E-state index in [1.54, 1.807) is 11.0 Å². The Bertz CT molecular complexity index is 441. The topological polar surface area (TPSA) is 20.3 Å². The van der Waals surface area contributed by atoms with Gasteiger partial charge in [-0.15, -0.1) is 11.6 Å². The molecular formula is C12H12BrClFNO. The summed E-state index contributed by atoms with van der Waals surface area (Å²) in [5.74, 6) is -0.776. The highest BCUT2D eigenvalue weighted by atomic mass is 79.9. The molecule has 1 aliphatic rings. The molecule has 1 unspecified atom stereocenters. The Hall–Kier alpha value is -0.610. The number of alkyl halides is 1. The molecule has 1 fully saturated rings. The zero-order valence-corrected chi connectivity index (χ0v) is 11.5. The Morgan fingerprint density at radius 3 is 2.94 bits per heavy atom. The molecule has 0 spiro atoms. The number of benzene rings is 1. The van der Waals surface area contributed by atoms with Gasteiger partial charge in [0.15, 0.2) is 0 Å². The maximum atomic E-state index is 13.6. The van der Waals surface area contributed by atoms with E-state index in [0.717, 1.165) is 12.8 Å². The molecule has 0 aliphatic carbocycles. The second-order valence-corrected chi connectivity index (χ2v) is 5.65. The summed E-state index contributed by atoms with van der Waals surface area (Å²) >= 11 is 9.18. The highest BCUT2D eigenvalue weighted by Crippen LogP contribution is 2.20. The fraction of sp³-hybridized carbons (Fsp3) is 0.417. The fourth-order valence-corrected chi connectivity index (χ4v) is 2.60. The maximum absolute atomic E-state index is 13.6. The summed E-state index contributed by atoms with van der Waals surface area (Å²) in [6.45, 7) is 1.15. The summed E-state index contributed by atoms with van der Waals surface area (Å²) in [6, 6.07) is 4.47. The number of piperidine rings is 1. The van der Waals surface area contributed by atoms with Crippen molar-refractivity contribution in [1.82, 2.24) is 4.90 Å². The van der Waals surface area contributed by atoms with Gasteiger partial charge in [-0.25, -0.2) is 4.39 Å². The molecule has 92 valence electrons. The Labute approximate surface area is 113 Å². The molecule has 2 nitrogen and oxygen atoms in total. The quantitative estimate of drug-likeness (QED) is 0.726. The van der Waals surface area contributed by atoms with Crippen LogP contribution in [0, 0.1) is 5.82 Å². The van der Waals surface area contributed by atoms with Crippen molar-refractivity contribution in [3.05, 3.63) is 34.1 Å². The van der Waals surface area contributed by atoms with E-state index in [2.05, 4.69) is 15.9 Å². The Balaban J connectivity index is 2.18. The highest BCUT2D eigenvalue weighted by Gasteiger charge is 2.24. The van der Waals surface area contributed by atoms with Crippen LogP contribution in [0.5, 0.6) is 0 Å². The van der Waals surface area contributed by atoms with Gasteiger partial charge in [-0.3, -0.25) is 4.79 Å². The molecular weight excluding hydrogens is 308 g/mol. The van der Waals surface area contributed by atoms with Gasteiger partial charge in [0.2, 0.25) is 0 Å². The number of hydrogen-bond donors (Lipinski definition) is 0. The average Bonchev–Trinajstić information content (AvgIpc) is 2.28. The van der Waals surface area contributed by atoms with Gasteiger partial charge in [0.05, 0.1) is 10.9 Å². The largest absolute Gasteiger partial charge is 0.337 e. The monoisotopic (exact) mass is 319 g/mol. The van der Waals surface area contributed by atoms with Crippen LogP contribution in [0.3, 0.4) is 0 Å². The lowest BCUT2D eigenvalue weighted by atomic mass is 10.1. The molecule has 1 aliphatic heterocycles. The zero-order chi connectivity index (χ0) is 12.4. The number of hydrogen-bond acceptors (Lipinski definition) is 1. The van der Waals surface area contributed by atoms with Gasteiger partial charge in [0.1, 0.15) is 5.82 Å². The summed E-state index contributed by atoms with van der Waals surface area (Å²) < 4.78 is 14.3. The van der Waals surface area contributed by atoms with Crippen molar-refractivity contribution in [2.45, 2.75) is 18.2 Å². The molecule has 17 heavy (non-hydrogen) atoms. The minimum atomic E-state index is -0.499. The van der Waals surface area contributed by atoms with E-state index in [0.29, 0.717) is 17.6 Å². The van der Waals surface area contributed by atoms with Crippen LogP contribution >= 0.6 is 27.5 Å². The minimum Gasteiger partial charge on any atom is -0.337 e.